The molecular weight excluding hydrogens is 371 g/mol. The van der Waals surface area contributed by atoms with Crippen LogP contribution in [0.1, 0.15) is 40.7 Å². The number of benzene rings is 1. The molecule has 0 bridgehead atoms. The standard InChI is InChI=1S/C20H16ClFN2O3/c21-16-9-14-12(10-23-16)17(25)27-20(14)7-8-24(11-20)18(26)19(5-6-19)13-3-1-2-4-15(13)22/h1-4,9-10H,5-8,11H2. The number of ether oxygens (including phenoxy) is 1. The van der Waals surface area contributed by atoms with Crippen molar-refractivity contribution in [1.29, 1.82) is 0 Å². The van der Waals surface area contributed by atoms with Gasteiger partial charge in [0, 0.05) is 30.3 Å². The molecule has 1 spiro atoms. The number of carbonyl (C=O) groups excluding carboxylic acids is 2. The van der Waals surface area contributed by atoms with Gasteiger partial charge >= 0.3 is 5.97 Å². The molecule has 2 fully saturated rings. The lowest BCUT2D eigenvalue weighted by molar-refractivity contribution is -0.134. The van der Waals surface area contributed by atoms with E-state index >= 15 is 0 Å². The Hall–Kier alpha value is -2.47. The maximum Gasteiger partial charge on any atom is 0.341 e. The van der Waals surface area contributed by atoms with Gasteiger partial charge in [-0.25, -0.2) is 14.2 Å². The van der Waals surface area contributed by atoms with E-state index in [4.69, 9.17) is 16.3 Å². The van der Waals surface area contributed by atoms with Gasteiger partial charge in [-0.15, -0.1) is 0 Å². The van der Waals surface area contributed by atoms with Gasteiger partial charge in [0.2, 0.25) is 5.91 Å². The fraction of sp³-hybridized carbons (Fsp3) is 0.350. The highest BCUT2D eigenvalue weighted by Gasteiger charge is 2.58. The van der Waals surface area contributed by atoms with Crippen molar-refractivity contribution in [2.24, 2.45) is 0 Å². The molecule has 138 valence electrons. The van der Waals surface area contributed by atoms with Crippen LogP contribution >= 0.6 is 11.6 Å². The number of hydrogen-bond acceptors (Lipinski definition) is 4. The fourth-order valence-electron chi connectivity index (χ4n) is 4.39. The topological polar surface area (TPSA) is 59.5 Å². The Balaban J connectivity index is 1.46. The van der Waals surface area contributed by atoms with Gasteiger partial charge in [-0.2, -0.15) is 0 Å². The zero-order valence-corrected chi connectivity index (χ0v) is 15.1. The molecule has 2 aromatic rings. The van der Waals surface area contributed by atoms with Crippen LogP contribution in [-0.2, 0) is 20.5 Å². The van der Waals surface area contributed by atoms with Gasteiger partial charge in [-0.3, -0.25) is 4.79 Å². The molecule has 5 rings (SSSR count). The van der Waals surface area contributed by atoms with E-state index < -0.39 is 17.0 Å². The van der Waals surface area contributed by atoms with Crippen molar-refractivity contribution in [3.8, 4) is 0 Å². The third kappa shape index (κ3) is 2.32. The molecule has 1 aliphatic carbocycles. The molecule has 1 saturated carbocycles. The summed E-state index contributed by atoms with van der Waals surface area (Å²) < 4.78 is 20.0. The molecule has 1 unspecified atom stereocenters. The Morgan fingerprint density at radius 3 is 2.74 bits per heavy atom. The molecule has 7 heteroatoms. The number of amides is 1. The maximum atomic E-state index is 14.3. The van der Waals surface area contributed by atoms with Crippen LogP contribution in [0, 0.1) is 5.82 Å². The number of pyridine rings is 1. The van der Waals surface area contributed by atoms with Gasteiger partial charge in [0.05, 0.1) is 17.5 Å². The molecule has 3 aliphatic rings. The summed E-state index contributed by atoms with van der Waals surface area (Å²) in [6, 6.07) is 8.08. The summed E-state index contributed by atoms with van der Waals surface area (Å²) in [4.78, 5) is 31.1. The lowest BCUT2D eigenvalue weighted by atomic mass is 9.92. The monoisotopic (exact) mass is 386 g/mol. The number of hydrogen-bond donors (Lipinski definition) is 0. The lowest BCUT2D eigenvalue weighted by Gasteiger charge is -2.27. The summed E-state index contributed by atoms with van der Waals surface area (Å²) in [6.07, 6.45) is 3.16. The maximum absolute atomic E-state index is 14.3. The van der Waals surface area contributed by atoms with E-state index in [9.17, 15) is 14.0 Å². The average Bonchev–Trinajstić information content (AvgIpc) is 3.28. The Morgan fingerprint density at radius 2 is 2.00 bits per heavy atom. The third-order valence-electron chi connectivity index (χ3n) is 5.94. The van der Waals surface area contributed by atoms with Crippen LogP contribution in [0.3, 0.4) is 0 Å². The molecule has 0 radical (unpaired) electrons. The minimum atomic E-state index is -0.889. The number of rotatable bonds is 2. The lowest BCUT2D eigenvalue weighted by Crippen LogP contribution is -2.40. The van der Waals surface area contributed by atoms with Crippen molar-refractivity contribution in [2.45, 2.75) is 30.3 Å². The van der Waals surface area contributed by atoms with E-state index in [1.54, 1.807) is 29.2 Å². The van der Waals surface area contributed by atoms with E-state index in [0.717, 1.165) is 0 Å². The highest BCUT2D eigenvalue weighted by molar-refractivity contribution is 6.29. The molecule has 2 aliphatic heterocycles. The third-order valence-corrected chi connectivity index (χ3v) is 6.14. The summed E-state index contributed by atoms with van der Waals surface area (Å²) in [5, 5.41) is 0.279. The van der Waals surface area contributed by atoms with E-state index in [-0.39, 0.29) is 23.4 Å². The number of likely N-dealkylation sites (tertiary alicyclic amines) is 1. The van der Waals surface area contributed by atoms with Crippen LogP contribution in [0.4, 0.5) is 4.39 Å². The first-order valence-corrected chi connectivity index (χ1v) is 9.27. The highest BCUT2D eigenvalue weighted by Crippen LogP contribution is 2.52. The smallest absolute Gasteiger partial charge is 0.341 e. The molecule has 1 saturated heterocycles. The summed E-state index contributed by atoms with van der Waals surface area (Å²) >= 11 is 6.01. The normalized spacial score (nSPS) is 24.8. The second-order valence-electron chi connectivity index (χ2n) is 7.48. The number of nitrogens with zero attached hydrogens (tertiary/aromatic N) is 2. The predicted octanol–water partition coefficient (Wildman–Crippen LogP) is 3.20. The van der Waals surface area contributed by atoms with Crippen molar-refractivity contribution < 1.29 is 18.7 Å². The summed E-state index contributed by atoms with van der Waals surface area (Å²) in [5.41, 5.74) is -0.160. The van der Waals surface area contributed by atoms with Gasteiger partial charge in [0.25, 0.3) is 0 Å². The molecule has 1 aromatic heterocycles. The highest BCUT2D eigenvalue weighted by atomic mass is 35.5. The largest absolute Gasteiger partial charge is 0.449 e. The van der Waals surface area contributed by atoms with Crippen LogP contribution in [0.5, 0.6) is 0 Å². The summed E-state index contributed by atoms with van der Waals surface area (Å²) in [6.45, 7) is 0.697. The van der Waals surface area contributed by atoms with Crippen molar-refractivity contribution >= 4 is 23.5 Å². The fourth-order valence-corrected chi connectivity index (χ4v) is 4.55. The zero-order valence-electron chi connectivity index (χ0n) is 14.4. The van der Waals surface area contributed by atoms with Crippen LogP contribution in [0.25, 0.3) is 0 Å². The number of esters is 1. The Labute approximate surface area is 160 Å². The predicted molar refractivity (Wildman–Crippen MR) is 94.8 cm³/mol. The van der Waals surface area contributed by atoms with Gasteiger partial charge in [-0.05, 0) is 25.0 Å². The van der Waals surface area contributed by atoms with Crippen LogP contribution in [0.15, 0.2) is 36.5 Å². The van der Waals surface area contributed by atoms with Crippen LogP contribution < -0.4 is 0 Å². The number of fused-ring (bicyclic) bond motifs is 2. The van der Waals surface area contributed by atoms with Gasteiger partial charge in [-0.1, -0.05) is 29.8 Å². The quantitative estimate of drug-likeness (QED) is 0.587. The molecule has 1 amide bonds. The molecule has 0 N–H and O–H groups in total. The number of aromatic nitrogens is 1. The molecule has 1 aromatic carbocycles. The minimum Gasteiger partial charge on any atom is -0.449 e. The number of carbonyl (C=O) groups is 2. The minimum absolute atomic E-state index is 0.103. The van der Waals surface area contributed by atoms with E-state index in [0.29, 0.717) is 42.5 Å². The Kier molecular flexibility index (Phi) is 3.41. The second-order valence-corrected chi connectivity index (χ2v) is 7.86. The average molecular weight is 387 g/mol. The number of halogens is 2. The van der Waals surface area contributed by atoms with E-state index in [1.807, 2.05) is 0 Å². The molecular formula is C20H16ClFN2O3. The van der Waals surface area contributed by atoms with Crippen LogP contribution in [0.2, 0.25) is 5.15 Å². The SMILES string of the molecule is O=C1OC2(CCN(C(=O)C3(c4ccccc4F)CC3)C2)c2cc(Cl)ncc21. The van der Waals surface area contributed by atoms with Gasteiger partial charge < -0.3 is 9.64 Å². The first-order valence-electron chi connectivity index (χ1n) is 8.89. The van der Waals surface area contributed by atoms with Gasteiger partial charge in [0.1, 0.15) is 11.0 Å². The van der Waals surface area contributed by atoms with Crippen molar-refractivity contribution in [3.63, 3.8) is 0 Å². The first-order chi connectivity index (χ1) is 13.0. The van der Waals surface area contributed by atoms with Crippen molar-refractivity contribution in [1.82, 2.24) is 9.88 Å². The van der Waals surface area contributed by atoms with Crippen molar-refractivity contribution in [3.05, 3.63) is 64.2 Å². The first kappa shape index (κ1) is 16.7. The van der Waals surface area contributed by atoms with E-state index in [2.05, 4.69) is 4.98 Å². The summed E-state index contributed by atoms with van der Waals surface area (Å²) in [7, 11) is 0. The molecule has 27 heavy (non-hydrogen) atoms. The molecule has 5 nitrogen and oxygen atoms in total. The Morgan fingerprint density at radius 1 is 1.22 bits per heavy atom. The Bertz CT molecular complexity index is 991. The van der Waals surface area contributed by atoms with Crippen molar-refractivity contribution in [2.75, 3.05) is 13.1 Å². The molecule has 1 atom stereocenters. The summed E-state index contributed by atoms with van der Waals surface area (Å²) in [5.74, 6) is -0.902. The second kappa shape index (κ2) is 5.52. The van der Waals surface area contributed by atoms with E-state index in [1.165, 1.54) is 12.3 Å². The zero-order chi connectivity index (χ0) is 18.8. The van der Waals surface area contributed by atoms with Crippen LogP contribution in [-0.4, -0.2) is 34.8 Å². The van der Waals surface area contributed by atoms with Gasteiger partial charge in [0.15, 0.2) is 5.60 Å². The molecule has 3 heterocycles.